The van der Waals surface area contributed by atoms with Crippen LogP contribution in [0, 0.1) is 11.7 Å². The summed E-state index contributed by atoms with van der Waals surface area (Å²) < 4.78 is 13.3. The highest BCUT2D eigenvalue weighted by Crippen LogP contribution is 2.27. The Bertz CT molecular complexity index is 637. The van der Waals surface area contributed by atoms with E-state index < -0.39 is 6.10 Å². The smallest absolute Gasteiger partial charge is 0.228 e. The van der Waals surface area contributed by atoms with Gasteiger partial charge in [0.2, 0.25) is 11.8 Å². The predicted molar refractivity (Wildman–Crippen MR) is 91.2 cm³/mol. The van der Waals surface area contributed by atoms with Crippen LogP contribution in [0.15, 0.2) is 24.3 Å². The van der Waals surface area contributed by atoms with E-state index in [1.54, 1.807) is 21.9 Å². The van der Waals surface area contributed by atoms with Crippen LogP contribution < -0.4 is 0 Å². The fraction of sp³-hybridized carbons (Fsp3) is 0.579. The molecule has 3 rings (SSSR count). The molecule has 0 aromatic heterocycles. The van der Waals surface area contributed by atoms with E-state index in [-0.39, 0.29) is 30.0 Å². The highest BCUT2D eigenvalue weighted by atomic mass is 19.1. The fourth-order valence-electron chi connectivity index (χ4n) is 3.78. The highest BCUT2D eigenvalue weighted by molar-refractivity contribution is 5.81. The van der Waals surface area contributed by atoms with Crippen LogP contribution in [-0.2, 0) is 16.0 Å². The lowest BCUT2D eigenvalue weighted by molar-refractivity contribution is -0.138. The number of amides is 2. The summed E-state index contributed by atoms with van der Waals surface area (Å²) in [5.74, 6) is -0.646. The third-order valence-electron chi connectivity index (χ3n) is 5.20. The van der Waals surface area contributed by atoms with Crippen LogP contribution in [0.4, 0.5) is 4.39 Å². The van der Waals surface area contributed by atoms with Gasteiger partial charge in [-0.25, -0.2) is 4.39 Å². The van der Waals surface area contributed by atoms with E-state index in [0.717, 1.165) is 19.3 Å². The number of carbonyl (C=O) groups excluding carboxylic acids is 2. The number of hydrogen-bond acceptors (Lipinski definition) is 3. The third kappa shape index (κ3) is 4.37. The molecule has 5 nitrogen and oxygen atoms in total. The average molecular weight is 348 g/mol. The Morgan fingerprint density at radius 3 is 2.56 bits per heavy atom. The van der Waals surface area contributed by atoms with E-state index in [4.69, 9.17) is 0 Å². The molecule has 1 aromatic carbocycles. The number of aliphatic hydroxyl groups is 1. The summed E-state index contributed by atoms with van der Waals surface area (Å²) in [6.07, 6.45) is 2.71. The Kier molecular flexibility index (Phi) is 5.68. The van der Waals surface area contributed by atoms with Crippen molar-refractivity contribution in [1.82, 2.24) is 9.80 Å². The molecule has 6 heteroatoms. The first kappa shape index (κ1) is 17.9. The Labute approximate surface area is 147 Å². The molecule has 25 heavy (non-hydrogen) atoms. The van der Waals surface area contributed by atoms with Gasteiger partial charge in [-0.2, -0.15) is 0 Å². The van der Waals surface area contributed by atoms with Gasteiger partial charge in [-0.3, -0.25) is 9.59 Å². The highest BCUT2D eigenvalue weighted by Gasteiger charge is 2.35. The molecule has 136 valence electrons. The lowest BCUT2D eigenvalue weighted by Gasteiger charge is -2.26. The summed E-state index contributed by atoms with van der Waals surface area (Å²) in [6, 6.07) is 6.09. The molecule has 2 unspecified atom stereocenters. The third-order valence-corrected chi connectivity index (χ3v) is 5.20. The Balaban J connectivity index is 1.55. The van der Waals surface area contributed by atoms with Gasteiger partial charge in [0.15, 0.2) is 0 Å². The maximum absolute atomic E-state index is 13.3. The lowest BCUT2D eigenvalue weighted by Crippen LogP contribution is -2.42. The molecule has 1 saturated heterocycles. The molecule has 2 aliphatic rings. The first-order chi connectivity index (χ1) is 12.0. The standard InChI is InChI=1S/C19H25FN2O3/c20-15-5-1-4-14(12-15)13-18(24)21-8-3-9-22(11-10-21)19(25)16-6-2-7-17(16)23/h1,4-5,12,16-17,23H,2-3,6-11,13H2. The summed E-state index contributed by atoms with van der Waals surface area (Å²) in [6.45, 7) is 2.20. The van der Waals surface area contributed by atoms with Gasteiger partial charge in [-0.15, -0.1) is 0 Å². The van der Waals surface area contributed by atoms with Gasteiger partial charge >= 0.3 is 0 Å². The van der Waals surface area contributed by atoms with Crippen LogP contribution in [0.5, 0.6) is 0 Å². The molecule has 1 heterocycles. The number of aliphatic hydroxyl groups excluding tert-OH is 1. The van der Waals surface area contributed by atoms with E-state index in [1.165, 1.54) is 12.1 Å². The van der Waals surface area contributed by atoms with Gasteiger partial charge in [-0.1, -0.05) is 12.1 Å². The van der Waals surface area contributed by atoms with E-state index >= 15 is 0 Å². The van der Waals surface area contributed by atoms with Crippen molar-refractivity contribution in [3.63, 3.8) is 0 Å². The van der Waals surface area contributed by atoms with Gasteiger partial charge < -0.3 is 14.9 Å². The summed E-state index contributed by atoms with van der Waals surface area (Å²) in [5.41, 5.74) is 0.663. The second-order valence-electron chi connectivity index (χ2n) is 6.97. The van der Waals surface area contributed by atoms with Gasteiger partial charge in [0.05, 0.1) is 18.4 Å². The number of nitrogens with zero attached hydrogens (tertiary/aromatic N) is 2. The van der Waals surface area contributed by atoms with Crippen LogP contribution in [0.1, 0.15) is 31.2 Å². The molecule has 0 spiro atoms. The van der Waals surface area contributed by atoms with Crippen molar-refractivity contribution in [3.05, 3.63) is 35.6 Å². The minimum absolute atomic E-state index is 0.0180. The zero-order chi connectivity index (χ0) is 17.8. The van der Waals surface area contributed by atoms with Crippen LogP contribution in [0.3, 0.4) is 0 Å². The topological polar surface area (TPSA) is 60.9 Å². The molecule has 1 aliphatic carbocycles. The van der Waals surface area contributed by atoms with Gasteiger partial charge in [-0.05, 0) is 43.4 Å². The summed E-state index contributed by atoms with van der Waals surface area (Å²) in [4.78, 5) is 28.6. The number of rotatable bonds is 3. The first-order valence-electron chi connectivity index (χ1n) is 9.03. The first-order valence-corrected chi connectivity index (χ1v) is 9.03. The summed E-state index contributed by atoms with van der Waals surface area (Å²) in [5, 5.41) is 9.94. The largest absolute Gasteiger partial charge is 0.392 e. The minimum Gasteiger partial charge on any atom is -0.392 e. The van der Waals surface area contributed by atoms with Gasteiger partial charge in [0.1, 0.15) is 5.82 Å². The van der Waals surface area contributed by atoms with Crippen molar-refractivity contribution >= 4 is 11.8 Å². The van der Waals surface area contributed by atoms with Crippen molar-refractivity contribution in [2.45, 2.75) is 38.2 Å². The number of halogens is 1. The van der Waals surface area contributed by atoms with Gasteiger partial charge in [0.25, 0.3) is 0 Å². The zero-order valence-corrected chi connectivity index (χ0v) is 14.4. The maximum atomic E-state index is 13.3. The fourth-order valence-corrected chi connectivity index (χ4v) is 3.78. The van der Waals surface area contributed by atoms with Crippen molar-refractivity contribution in [2.24, 2.45) is 5.92 Å². The number of benzene rings is 1. The van der Waals surface area contributed by atoms with Gasteiger partial charge in [0, 0.05) is 26.2 Å². The molecule has 1 saturated carbocycles. The van der Waals surface area contributed by atoms with E-state index in [0.29, 0.717) is 38.2 Å². The molecule has 0 radical (unpaired) electrons. The molecule has 2 fully saturated rings. The number of carbonyl (C=O) groups is 2. The van der Waals surface area contributed by atoms with Crippen LogP contribution in [0.2, 0.25) is 0 Å². The molecule has 1 aliphatic heterocycles. The molecular weight excluding hydrogens is 323 g/mol. The van der Waals surface area contributed by atoms with Crippen molar-refractivity contribution < 1.29 is 19.1 Å². The van der Waals surface area contributed by atoms with Crippen molar-refractivity contribution in [3.8, 4) is 0 Å². The Morgan fingerprint density at radius 1 is 1.08 bits per heavy atom. The molecule has 2 amide bonds. The van der Waals surface area contributed by atoms with Crippen LogP contribution in [0.25, 0.3) is 0 Å². The summed E-state index contributed by atoms with van der Waals surface area (Å²) >= 11 is 0. The van der Waals surface area contributed by atoms with Crippen molar-refractivity contribution in [1.29, 1.82) is 0 Å². The SMILES string of the molecule is O=C(Cc1cccc(F)c1)N1CCCN(C(=O)C2CCCC2O)CC1. The monoisotopic (exact) mass is 348 g/mol. The van der Waals surface area contributed by atoms with E-state index in [9.17, 15) is 19.1 Å². The molecular formula is C19H25FN2O3. The normalized spacial score (nSPS) is 24.2. The second kappa shape index (κ2) is 7.95. The minimum atomic E-state index is -0.526. The predicted octanol–water partition coefficient (Wildman–Crippen LogP) is 1.59. The Hall–Kier alpha value is -1.95. The molecule has 2 atom stereocenters. The average Bonchev–Trinajstić information content (AvgIpc) is 2.86. The molecule has 1 aromatic rings. The lowest BCUT2D eigenvalue weighted by atomic mass is 10.0. The quantitative estimate of drug-likeness (QED) is 0.902. The van der Waals surface area contributed by atoms with E-state index in [2.05, 4.69) is 0 Å². The van der Waals surface area contributed by atoms with E-state index in [1.807, 2.05) is 0 Å². The number of hydrogen-bond donors (Lipinski definition) is 1. The molecule has 1 N–H and O–H groups in total. The second-order valence-corrected chi connectivity index (χ2v) is 6.97. The Morgan fingerprint density at radius 2 is 1.84 bits per heavy atom. The van der Waals surface area contributed by atoms with Crippen LogP contribution >= 0.6 is 0 Å². The van der Waals surface area contributed by atoms with Crippen LogP contribution in [-0.4, -0.2) is 59.0 Å². The summed E-state index contributed by atoms with van der Waals surface area (Å²) in [7, 11) is 0. The zero-order valence-electron chi connectivity index (χ0n) is 14.4. The maximum Gasteiger partial charge on any atom is 0.228 e. The van der Waals surface area contributed by atoms with Crippen molar-refractivity contribution in [2.75, 3.05) is 26.2 Å². The molecule has 0 bridgehead atoms.